The van der Waals surface area contributed by atoms with Crippen molar-refractivity contribution in [2.75, 3.05) is 26.4 Å². The van der Waals surface area contributed by atoms with Crippen molar-refractivity contribution in [3.63, 3.8) is 0 Å². The number of aliphatic hydroxyl groups is 1. The van der Waals surface area contributed by atoms with Gasteiger partial charge in [-0.1, -0.05) is 19.3 Å². The highest BCUT2D eigenvalue weighted by molar-refractivity contribution is 5.01. The zero-order chi connectivity index (χ0) is 13.8. The Morgan fingerprint density at radius 1 is 1.30 bits per heavy atom. The fourth-order valence-electron chi connectivity index (χ4n) is 3.28. The quantitative estimate of drug-likeness (QED) is 0.909. The van der Waals surface area contributed by atoms with Crippen molar-refractivity contribution in [2.45, 2.75) is 50.7 Å². The van der Waals surface area contributed by atoms with Crippen LogP contribution in [0.4, 0.5) is 0 Å². The first-order valence-electron chi connectivity index (χ1n) is 7.83. The van der Waals surface area contributed by atoms with E-state index in [1.807, 2.05) is 0 Å². The van der Waals surface area contributed by atoms with Gasteiger partial charge < -0.3 is 9.84 Å². The van der Waals surface area contributed by atoms with Crippen molar-refractivity contribution in [2.24, 2.45) is 0 Å². The zero-order valence-corrected chi connectivity index (χ0v) is 12.1. The molecule has 1 aromatic heterocycles. The maximum atomic E-state index is 9.40. The van der Waals surface area contributed by atoms with Crippen LogP contribution >= 0.6 is 0 Å². The van der Waals surface area contributed by atoms with Gasteiger partial charge in [0.15, 0.2) is 0 Å². The number of morpholine rings is 1. The predicted octanol–water partition coefficient (Wildman–Crippen LogP) is 1.58. The lowest BCUT2D eigenvalue weighted by molar-refractivity contribution is -0.0318. The van der Waals surface area contributed by atoms with Crippen LogP contribution in [0.15, 0.2) is 12.3 Å². The van der Waals surface area contributed by atoms with E-state index < -0.39 is 0 Å². The number of hydrogen-bond donors (Lipinski definition) is 1. The number of aliphatic hydroxyl groups excluding tert-OH is 1. The maximum absolute atomic E-state index is 9.40. The minimum Gasteiger partial charge on any atom is -0.395 e. The van der Waals surface area contributed by atoms with Crippen molar-refractivity contribution in [3.05, 3.63) is 18.0 Å². The number of nitrogens with zero attached hydrogens (tertiary/aromatic N) is 3. The number of ether oxygens (including phenoxy) is 1. The van der Waals surface area contributed by atoms with Crippen LogP contribution in [-0.4, -0.2) is 52.2 Å². The van der Waals surface area contributed by atoms with Gasteiger partial charge >= 0.3 is 0 Å². The van der Waals surface area contributed by atoms with E-state index in [4.69, 9.17) is 9.84 Å². The molecule has 0 amide bonds. The first-order chi connectivity index (χ1) is 9.86. The van der Waals surface area contributed by atoms with Crippen LogP contribution in [0.25, 0.3) is 0 Å². The van der Waals surface area contributed by atoms with Crippen LogP contribution in [-0.2, 0) is 11.3 Å². The Kier molecular flexibility index (Phi) is 4.70. The van der Waals surface area contributed by atoms with Gasteiger partial charge in [-0.05, 0) is 18.9 Å². The van der Waals surface area contributed by atoms with Gasteiger partial charge in [-0.3, -0.25) is 9.58 Å². The molecule has 2 heterocycles. The van der Waals surface area contributed by atoms with Crippen LogP contribution in [0.2, 0.25) is 0 Å². The molecule has 1 aromatic rings. The van der Waals surface area contributed by atoms with E-state index in [0.29, 0.717) is 12.6 Å². The predicted molar refractivity (Wildman–Crippen MR) is 76.5 cm³/mol. The molecule has 0 aromatic carbocycles. The third-order valence-electron chi connectivity index (χ3n) is 4.54. The Labute approximate surface area is 120 Å². The second-order valence-corrected chi connectivity index (χ2v) is 5.96. The molecule has 5 heteroatoms. The van der Waals surface area contributed by atoms with Crippen molar-refractivity contribution in [3.8, 4) is 0 Å². The summed E-state index contributed by atoms with van der Waals surface area (Å²) in [7, 11) is 0. The SMILES string of the molecule is OCC1COCCN1Cc1ccn(C2CCCCC2)n1. The highest BCUT2D eigenvalue weighted by Gasteiger charge is 2.23. The number of hydrogen-bond acceptors (Lipinski definition) is 4. The van der Waals surface area contributed by atoms with Crippen LogP contribution in [0.1, 0.15) is 43.8 Å². The second-order valence-electron chi connectivity index (χ2n) is 5.96. The highest BCUT2D eigenvalue weighted by Crippen LogP contribution is 2.27. The molecule has 1 aliphatic carbocycles. The molecular weight excluding hydrogens is 254 g/mol. The van der Waals surface area contributed by atoms with Crippen molar-refractivity contribution in [1.29, 1.82) is 0 Å². The maximum Gasteiger partial charge on any atom is 0.0765 e. The van der Waals surface area contributed by atoms with E-state index in [-0.39, 0.29) is 12.6 Å². The van der Waals surface area contributed by atoms with Gasteiger partial charge in [-0.15, -0.1) is 0 Å². The van der Waals surface area contributed by atoms with E-state index in [9.17, 15) is 5.11 Å². The second kappa shape index (κ2) is 6.70. The third-order valence-corrected chi connectivity index (χ3v) is 4.54. The lowest BCUT2D eigenvalue weighted by Gasteiger charge is -2.33. The molecule has 0 radical (unpaired) electrons. The molecule has 1 unspecified atom stereocenters. The molecule has 1 atom stereocenters. The molecule has 1 N–H and O–H groups in total. The lowest BCUT2D eigenvalue weighted by Crippen LogP contribution is -2.46. The summed E-state index contributed by atoms with van der Waals surface area (Å²) >= 11 is 0. The topological polar surface area (TPSA) is 50.5 Å². The molecule has 3 rings (SSSR count). The van der Waals surface area contributed by atoms with Crippen LogP contribution in [0.3, 0.4) is 0 Å². The summed E-state index contributed by atoms with van der Waals surface area (Å²) in [6, 6.07) is 2.83. The molecule has 1 saturated heterocycles. The summed E-state index contributed by atoms with van der Waals surface area (Å²) in [6.45, 7) is 3.22. The summed E-state index contributed by atoms with van der Waals surface area (Å²) in [5, 5.41) is 14.2. The first-order valence-corrected chi connectivity index (χ1v) is 7.83. The summed E-state index contributed by atoms with van der Waals surface area (Å²) in [4.78, 5) is 2.27. The van der Waals surface area contributed by atoms with Gasteiger partial charge in [0, 0.05) is 19.3 Å². The van der Waals surface area contributed by atoms with Gasteiger partial charge in [0.1, 0.15) is 0 Å². The fourth-order valence-corrected chi connectivity index (χ4v) is 3.28. The first kappa shape index (κ1) is 14.0. The standard InChI is InChI=1S/C15H25N3O2/c19-11-15-12-20-9-8-17(15)10-13-6-7-18(16-13)14-4-2-1-3-5-14/h6-7,14-15,19H,1-5,8-12H2. The van der Waals surface area contributed by atoms with E-state index in [1.54, 1.807) is 0 Å². The van der Waals surface area contributed by atoms with Crippen molar-refractivity contribution in [1.82, 2.24) is 14.7 Å². The third kappa shape index (κ3) is 3.22. The molecule has 112 valence electrons. The Morgan fingerprint density at radius 3 is 2.95 bits per heavy atom. The van der Waals surface area contributed by atoms with E-state index in [0.717, 1.165) is 25.4 Å². The minimum atomic E-state index is 0.114. The summed E-state index contributed by atoms with van der Waals surface area (Å²) in [5.74, 6) is 0. The fraction of sp³-hybridized carbons (Fsp3) is 0.800. The number of rotatable bonds is 4. The Morgan fingerprint density at radius 2 is 2.15 bits per heavy atom. The Bertz CT molecular complexity index is 415. The van der Waals surface area contributed by atoms with Crippen LogP contribution in [0, 0.1) is 0 Å². The van der Waals surface area contributed by atoms with E-state index in [2.05, 4.69) is 21.8 Å². The largest absolute Gasteiger partial charge is 0.395 e. The Hall–Kier alpha value is -0.910. The smallest absolute Gasteiger partial charge is 0.0765 e. The molecule has 2 aliphatic rings. The summed E-state index contributed by atoms with van der Waals surface area (Å²) < 4.78 is 7.57. The molecule has 20 heavy (non-hydrogen) atoms. The number of aromatic nitrogens is 2. The molecule has 5 nitrogen and oxygen atoms in total. The molecular formula is C15H25N3O2. The van der Waals surface area contributed by atoms with Gasteiger partial charge in [0.2, 0.25) is 0 Å². The van der Waals surface area contributed by atoms with Crippen molar-refractivity contribution < 1.29 is 9.84 Å². The molecule has 1 aliphatic heterocycles. The summed E-state index contributed by atoms with van der Waals surface area (Å²) in [5.41, 5.74) is 1.11. The Balaban J connectivity index is 1.61. The molecule has 0 bridgehead atoms. The van der Waals surface area contributed by atoms with Gasteiger partial charge in [-0.2, -0.15) is 5.10 Å². The zero-order valence-electron chi connectivity index (χ0n) is 12.1. The van der Waals surface area contributed by atoms with Crippen LogP contribution in [0.5, 0.6) is 0 Å². The normalized spacial score (nSPS) is 25.9. The van der Waals surface area contributed by atoms with E-state index >= 15 is 0 Å². The van der Waals surface area contributed by atoms with E-state index in [1.165, 1.54) is 32.1 Å². The average Bonchev–Trinajstić information content (AvgIpc) is 2.97. The summed E-state index contributed by atoms with van der Waals surface area (Å²) in [6.07, 6.45) is 8.68. The van der Waals surface area contributed by atoms with Crippen LogP contribution < -0.4 is 0 Å². The van der Waals surface area contributed by atoms with Crippen molar-refractivity contribution >= 4 is 0 Å². The van der Waals surface area contributed by atoms with Gasteiger partial charge in [0.25, 0.3) is 0 Å². The lowest BCUT2D eigenvalue weighted by atomic mass is 9.96. The van der Waals surface area contributed by atoms with Gasteiger partial charge in [-0.25, -0.2) is 0 Å². The molecule has 0 spiro atoms. The molecule has 2 fully saturated rings. The van der Waals surface area contributed by atoms with Gasteiger partial charge in [0.05, 0.1) is 37.6 Å². The monoisotopic (exact) mass is 279 g/mol. The minimum absolute atomic E-state index is 0.114. The highest BCUT2D eigenvalue weighted by atomic mass is 16.5. The average molecular weight is 279 g/mol. The molecule has 1 saturated carbocycles.